The van der Waals surface area contributed by atoms with Crippen molar-refractivity contribution >= 4 is 6.09 Å². The highest BCUT2D eigenvalue weighted by Gasteiger charge is 2.37. The van der Waals surface area contributed by atoms with E-state index in [1.807, 2.05) is 20.8 Å². The van der Waals surface area contributed by atoms with Gasteiger partial charge in [-0.05, 0) is 20.8 Å². The van der Waals surface area contributed by atoms with E-state index < -0.39 is 5.60 Å². The lowest BCUT2D eigenvalue weighted by Crippen LogP contribution is -2.36. The molecule has 0 spiro atoms. The third-order valence-electron chi connectivity index (χ3n) is 2.47. The molecule has 1 rings (SSSR count). The lowest BCUT2D eigenvalue weighted by molar-refractivity contribution is -0.00461. The summed E-state index contributed by atoms with van der Waals surface area (Å²) in [7, 11) is 3.24. The van der Waals surface area contributed by atoms with Gasteiger partial charge in [-0.15, -0.1) is 0 Å². The molecule has 0 aromatic rings. The van der Waals surface area contributed by atoms with E-state index in [9.17, 15) is 4.79 Å². The van der Waals surface area contributed by atoms with Gasteiger partial charge in [-0.3, -0.25) is 0 Å². The molecule has 5 nitrogen and oxygen atoms in total. The average molecular weight is 231 g/mol. The number of hydrogen-bond acceptors (Lipinski definition) is 4. The Hall–Kier alpha value is -0.810. The van der Waals surface area contributed by atoms with Gasteiger partial charge in [0.2, 0.25) is 0 Å². The van der Waals surface area contributed by atoms with Crippen molar-refractivity contribution in [3.8, 4) is 0 Å². The van der Waals surface area contributed by atoms with Gasteiger partial charge in [0, 0.05) is 14.2 Å². The summed E-state index contributed by atoms with van der Waals surface area (Å²) in [6.45, 7) is 6.58. The van der Waals surface area contributed by atoms with Gasteiger partial charge in [-0.25, -0.2) is 4.79 Å². The van der Waals surface area contributed by atoms with Crippen molar-refractivity contribution in [3.05, 3.63) is 0 Å². The fourth-order valence-corrected chi connectivity index (χ4v) is 1.67. The molecule has 0 saturated carbocycles. The highest BCUT2D eigenvalue weighted by molar-refractivity contribution is 5.68. The van der Waals surface area contributed by atoms with Gasteiger partial charge in [-0.2, -0.15) is 0 Å². The highest BCUT2D eigenvalue weighted by Crippen LogP contribution is 2.18. The number of carbonyl (C=O) groups is 1. The van der Waals surface area contributed by atoms with E-state index >= 15 is 0 Å². The first-order valence-corrected chi connectivity index (χ1v) is 5.41. The van der Waals surface area contributed by atoms with Crippen molar-refractivity contribution < 1.29 is 19.0 Å². The molecule has 1 aliphatic rings. The van der Waals surface area contributed by atoms with Crippen LogP contribution >= 0.6 is 0 Å². The zero-order valence-corrected chi connectivity index (χ0v) is 10.6. The van der Waals surface area contributed by atoms with Crippen molar-refractivity contribution in [3.63, 3.8) is 0 Å². The van der Waals surface area contributed by atoms with Gasteiger partial charge >= 0.3 is 6.09 Å². The van der Waals surface area contributed by atoms with E-state index in [0.29, 0.717) is 13.1 Å². The molecule has 1 heterocycles. The molecule has 1 aliphatic heterocycles. The Balaban J connectivity index is 2.54. The second-order valence-corrected chi connectivity index (χ2v) is 4.93. The zero-order chi connectivity index (χ0) is 12.3. The topological polar surface area (TPSA) is 48.0 Å². The third kappa shape index (κ3) is 3.35. The third-order valence-corrected chi connectivity index (χ3v) is 2.47. The van der Waals surface area contributed by atoms with Gasteiger partial charge in [0.15, 0.2) is 0 Å². The Kier molecular flexibility index (Phi) is 4.15. The molecule has 16 heavy (non-hydrogen) atoms. The first kappa shape index (κ1) is 13.3. The first-order valence-electron chi connectivity index (χ1n) is 5.41. The number of hydrogen-bond donors (Lipinski definition) is 0. The molecule has 0 N–H and O–H groups in total. The van der Waals surface area contributed by atoms with Crippen LogP contribution in [0.1, 0.15) is 20.8 Å². The molecular weight excluding hydrogens is 210 g/mol. The maximum absolute atomic E-state index is 11.8. The number of methoxy groups -OCH3 is 2. The Morgan fingerprint density at radius 3 is 1.88 bits per heavy atom. The summed E-state index contributed by atoms with van der Waals surface area (Å²) in [4.78, 5) is 13.4. The molecule has 0 aliphatic carbocycles. The molecular formula is C11H21NO4. The maximum atomic E-state index is 11.8. The highest BCUT2D eigenvalue weighted by atomic mass is 16.6. The quantitative estimate of drug-likeness (QED) is 0.718. The summed E-state index contributed by atoms with van der Waals surface area (Å²) in [5, 5.41) is 0. The Morgan fingerprint density at radius 1 is 1.12 bits per heavy atom. The molecule has 0 radical (unpaired) electrons. The second kappa shape index (κ2) is 5.01. The van der Waals surface area contributed by atoms with Gasteiger partial charge in [0.25, 0.3) is 0 Å². The van der Waals surface area contributed by atoms with E-state index in [1.54, 1.807) is 19.1 Å². The molecule has 0 aromatic heterocycles. The lowest BCUT2D eigenvalue weighted by atomic mass is 10.2. The van der Waals surface area contributed by atoms with Crippen LogP contribution in [-0.4, -0.2) is 56.1 Å². The standard InChI is InChI=1S/C11H21NO4/c1-11(2,3)16-10(13)12-6-8(14-4)9(7-12)15-5/h8-9H,6-7H2,1-5H3. The Bertz CT molecular complexity index is 237. The minimum Gasteiger partial charge on any atom is -0.444 e. The zero-order valence-electron chi connectivity index (χ0n) is 10.6. The predicted molar refractivity (Wildman–Crippen MR) is 59.4 cm³/mol. The monoisotopic (exact) mass is 231 g/mol. The van der Waals surface area contributed by atoms with Crippen LogP contribution in [0.15, 0.2) is 0 Å². The minimum absolute atomic E-state index is 0.0717. The minimum atomic E-state index is -0.467. The molecule has 2 unspecified atom stereocenters. The first-order chi connectivity index (χ1) is 7.37. The molecule has 0 aromatic carbocycles. The number of rotatable bonds is 2. The number of ether oxygens (including phenoxy) is 3. The molecule has 2 atom stereocenters. The van der Waals surface area contributed by atoms with Gasteiger partial charge in [0.1, 0.15) is 17.8 Å². The summed E-state index contributed by atoms with van der Waals surface area (Å²) in [6, 6.07) is 0. The molecule has 94 valence electrons. The summed E-state index contributed by atoms with van der Waals surface area (Å²) in [5.41, 5.74) is -0.467. The SMILES string of the molecule is COC1CN(C(=O)OC(C)(C)C)CC1OC. The van der Waals surface area contributed by atoms with Crippen molar-refractivity contribution in [2.45, 2.75) is 38.6 Å². The average Bonchev–Trinajstić information content (AvgIpc) is 2.57. The van der Waals surface area contributed by atoms with Crippen LogP contribution in [0, 0.1) is 0 Å². The smallest absolute Gasteiger partial charge is 0.410 e. The normalized spacial score (nSPS) is 25.9. The summed E-state index contributed by atoms with van der Waals surface area (Å²) in [5.74, 6) is 0. The van der Waals surface area contributed by atoms with Crippen LogP contribution in [0.2, 0.25) is 0 Å². The fraction of sp³-hybridized carbons (Fsp3) is 0.909. The van der Waals surface area contributed by atoms with Crippen LogP contribution in [0.3, 0.4) is 0 Å². The van der Waals surface area contributed by atoms with E-state index in [4.69, 9.17) is 14.2 Å². The van der Waals surface area contributed by atoms with E-state index in [-0.39, 0.29) is 18.3 Å². The molecule has 0 bridgehead atoms. The van der Waals surface area contributed by atoms with Crippen LogP contribution in [0.5, 0.6) is 0 Å². The van der Waals surface area contributed by atoms with Crippen molar-refractivity contribution in [2.24, 2.45) is 0 Å². The second-order valence-electron chi connectivity index (χ2n) is 4.93. The number of amides is 1. The predicted octanol–water partition coefficient (Wildman–Crippen LogP) is 1.27. The molecule has 1 fully saturated rings. The van der Waals surface area contributed by atoms with Crippen molar-refractivity contribution in [2.75, 3.05) is 27.3 Å². The van der Waals surface area contributed by atoms with Crippen molar-refractivity contribution in [1.29, 1.82) is 0 Å². The molecule has 5 heteroatoms. The van der Waals surface area contributed by atoms with Crippen LogP contribution in [0.4, 0.5) is 4.79 Å². The van der Waals surface area contributed by atoms with Crippen LogP contribution < -0.4 is 0 Å². The van der Waals surface area contributed by atoms with Gasteiger partial charge in [-0.1, -0.05) is 0 Å². The maximum Gasteiger partial charge on any atom is 0.410 e. The van der Waals surface area contributed by atoms with Crippen LogP contribution in [-0.2, 0) is 14.2 Å². The number of carbonyl (C=O) groups excluding carboxylic acids is 1. The molecule has 1 saturated heterocycles. The van der Waals surface area contributed by atoms with Crippen LogP contribution in [0.25, 0.3) is 0 Å². The fourth-order valence-electron chi connectivity index (χ4n) is 1.67. The lowest BCUT2D eigenvalue weighted by Gasteiger charge is -2.24. The largest absolute Gasteiger partial charge is 0.444 e. The Morgan fingerprint density at radius 2 is 1.56 bits per heavy atom. The van der Waals surface area contributed by atoms with Gasteiger partial charge in [0.05, 0.1) is 13.1 Å². The summed E-state index contributed by atoms with van der Waals surface area (Å²) < 4.78 is 15.8. The summed E-state index contributed by atoms with van der Waals surface area (Å²) >= 11 is 0. The summed E-state index contributed by atoms with van der Waals surface area (Å²) in [6.07, 6.45) is -0.455. The van der Waals surface area contributed by atoms with Gasteiger partial charge < -0.3 is 19.1 Å². The number of nitrogens with zero attached hydrogens (tertiary/aromatic N) is 1. The van der Waals surface area contributed by atoms with E-state index in [2.05, 4.69) is 0 Å². The number of likely N-dealkylation sites (tertiary alicyclic amines) is 1. The van der Waals surface area contributed by atoms with E-state index in [0.717, 1.165) is 0 Å². The Labute approximate surface area is 96.6 Å². The molecule has 1 amide bonds. The van der Waals surface area contributed by atoms with E-state index in [1.165, 1.54) is 0 Å². The van der Waals surface area contributed by atoms with Crippen molar-refractivity contribution in [1.82, 2.24) is 4.90 Å².